The molecule has 0 aromatic carbocycles. The van der Waals surface area contributed by atoms with Gasteiger partial charge in [-0.25, -0.2) is 0 Å². The first-order valence-corrected chi connectivity index (χ1v) is 6.41. The van der Waals surface area contributed by atoms with E-state index < -0.39 is 5.97 Å². The van der Waals surface area contributed by atoms with Gasteiger partial charge in [0.25, 0.3) is 0 Å². The molecular formula is C10H14BrNO2S. The highest BCUT2D eigenvalue weighted by atomic mass is 79.9. The number of hydrogen-bond acceptors (Lipinski definition) is 3. The van der Waals surface area contributed by atoms with E-state index in [1.54, 1.807) is 11.3 Å². The molecule has 0 aliphatic rings. The lowest BCUT2D eigenvalue weighted by Crippen LogP contribution is -2.31. The maximum Gasteiger partial charge on any atom is 0.317 e. The third kappa shape index (κ3) is 3.59. The minimum atomic E-state index is -0.778. The van der Waals surface area contributed by atoms with Crippen LogP contribution in [0, 0.1) is 0 Å². The summed E-state index contributed by atoms with van der Waals surface area (Å²) in [6.07, 6.45) is 0. The largest absolute Gasteiger partial charge is 0.480 e. The Bertz CT molecular complexity index is 340. The zero-order valence-corrected chi connectivity index (χ0v) is 11.1. The molecule has 1 rings (SSSR count). The molecule has 1 N–H and O–H groups in total. The quantitative estimate of drug-likeness (QED) is 0.907. The van der Waals surface area contributed by atoms with Crippen LogP contribution in [-0.2, 0) is 4.79 Å². The van der Waals surface area contributed by atoms with Crippen molar-refractivity contribution in [2.45, 2.75) is 19.9 Å². The monoisotopic (exact) mass is 291 g/mol. The third-order valence-electron chi connectivity index (χ3n) is 2.29. The van der Waals surface area contributed by atoms with Gasteiger partial charge < -0.3 is 5.11 Å². The summed E-state index contributed by atoms with van der Waals surface area (Å²) < 4.78 is 1.06. The van der Waals surface area contributed by atoms with Gasteiger partial charge in [-0.3, -0.25) is 9.69 Å². The highest BCUT2D eigenvalue weighted by Gasteiger charge is 2.17. The second kappa shape index (κ2) is 5.63. The molecule has 0 radical (unpaired) electrons. The Morgan fingerprint density at radius 2 is 2.40 bits per heavy atom. The van der Waals surface area contributed by atoms with Crippen LogP contribution >= 0.6 is 27.3 Å². The topological polar surface area (TPSA) is 40.5 Å². The van der Waals surface area contributed by atoms with Crippen LogP contribution in [0.1, 0.15) is 24.8 Å². The van der Waals surface area contributed by atoms with Gasteiger partial charge in [0.2, 0.25) is 0 Å². The van der Waals surface area contributed by atoms with Crippen LogP contribution in [0.15, 0.2) is 15.9 Å². The second-order valence-corrected chi connectivity index (χ2v) is 5.16. The van der Waals surface area contributed by atoms with Crippen molar-refractivity contribution >= 4 is 33.2 Å². The lowest BCUT2D eigenvalue weighted by Gasteiger charge is -2.24. The average Bonchev–Trinajstić information content (AvgIpc) is 2.60. The third-order valence-corrected chi connectivity index (χ3v) is 4.16. The first-order chi connectivity index (χ1) is 7.04. The summed E-state index contributed by atoms with van der Waals surface area (Å²) in [4.78, 5) is 13.8. The van der Waals surface area contributed by atoms with Crippen LogP contribution in [0.3, 0.4) is 0 Å². The van der Waals surface area contributed by atoms with Crippen molar-refractivity contribution in [1.29, 1.82) is 0 Å². The highest BCUT2D eigenvalue weighted by Crippen LogP contribution is 2.28. The van der Waals surface area contributed by atoms with Crippen LogP contribution in [0.5, 0.6) is 0 Å². The van der Waals surface area contributed by atoms with Gasteiger partial charge in [-0.1, -0.05) is 6.92 Å². The van der Waals surface area contributed by atoms with Crippen molar-refractivity contribution in [3.63, 3.8) is 0 Å². The molecule has 1 heterocycles. The molecule has 0 aliphatic heterocycles. The number of halogens is 1. The Labute approximate surface area is 102 Å². The van der Waals surface area contributed by atoms with Crippen molar-refractivity contribution in [3.05, 3.63) is 20.8 Å². The summed E-state index contributed by atoms with van der Waals surface area (Å²) >= 11 is 5.04. The Morgan fingerprint density at radius 3 is 2.80 bits per heavy atom. The number of rotatable bonds is 5. The summed E-state index contributed by atoms with van der Waals surface area (Å²) in [5.74, 6) is -0.778. The van der Waals surface area contributed by atoms with Crippen molar-refractivity contribution in [3.8, 4) is 0 Å². The Balaban J connectivity index is 2.72. The standard InChI is InChI=1S/C10H14BrNO2S/c1-3-12(5-10(13)14)7(2)9-4-8(11)6-15-9/h4,6-7H,3,5H2,1-2H3,(H,13,14). The van der Waals surface area contributed by atoms with E-state index in [4.69, 9.17) is 5.11 Å². The predicted molar refractivity (Wildman–Crippen MR) is 65.3 cm³/mol. The van der Waals surface area contributed by atoms with Gasteiger partial charge in [0.1, 0.15) is 0 Å². The van der Waals surface area contributed by atoms with E-state index in [1.807, 2.05) is 30.2 Å². The molecule has 1 aromatic heterocycles. The van der Waals surface area contributed by atoms with Crippen LogP contribution in [-0.4, -0.2) is 29.1 Å². The summed E-state index contributed by atoms with van der Waals surface area (Å²) in [6.45, 7) is 4.84. The molecule has 0 spiro atoms. The van der Waals surface area contributed by atoms with E-state index in [1.165, 1.54) is 4.88 Å². The van der Waals surface area contributed by atoms with Crippen LogP contribution in [0.4, 0.5) is 0 Å². The lowest BCUT2D eigenvalue weighted by atomic mass is 10.2. The number of aliphatic carboxylic acids is 1. The number of carbonyl (C=O) groups is 1. The van der Waals surface area contributed by atoms with Gasteiger partial charge in [0, 0.05) is 20.8 Å². The minimum absolute atomic E-state index is 0.0905. The number of carboxylic acids is 1. The summed E-state index contributed by atoms with van der Waals surface area (Å²) in [5, 5.41) is 10.8. The van der Waals surface area contributed by atoms with E-state index in [-0.39, 0.29) is 12.6 Å². The van der Waals surface area contributed by atoms with E-state index in [9.17, 15) is 4.79 Å². The first kappa shape index (κ1) is 12.7. The van der Waals surface area contributed by atoms with Crippen LogP contribution in [0.2, 0.25) is 0 Å². The van der Waals surface area contributed by atoms with E-state index in [0.29, 0.717) is 0 Å². The molecule has 1 atom stereocenters. The molecule has 15 heavy (non-hydrogen) atoms. The second-order valence-electron chi connectivity index (χ2n) is 3.30. The molecule has 0 saturated heterocycles. The molecule has 3 nitrogen and oxygen atoms in total. The molecule has 1 unspecified atom stereocenters. The average molecular weight is 292 g/mol. The molecule has 1 aromatic rings. The van der Waals surface area contributed by atoms with Crippen molar-refractivity contribution < 1.29 is 9.90 Å². The Kier molecular flexibility index (Phi) is 4.76. The van der Waals surface area contributed by atoms with Crippen molar-refractivity contribution in [2.24, 2.45) is 0 Å². The molecule has 0 saturated carbocycles. The van der Waals surface area contributed by atoms with Gasteiger partial charge >= 0.3 is 5.97 Å². The van der Waals surface area contributed by atoms with Crippen molar-refractivity contribution in [1.82, 2.24) is 4.90 Å². The maximum absolute atomic E-state index is 10.7. The van der Waals surface area contributed by atoms with Crippen molar-refractivity contribution in [2.75, 3.05) is 13.1 Å². The molecule has 0 bridgehead atoms. The number of likely N-dealkylation sites (N-methyl/N-ethyl adjacent to an activating group) is 1. The van der Waals surface area contributed by atoms with Crippen LogP contribution in [0.25, 0.3) is 0 Å². The maximum atomic E-state index is 10.7. The SMILES string of the molecule is CCN(CC(=O)O)C(C)c1cc(Br)cs1. The normalized spacial score (nSPS) is 13.1. The first-order valence-electron chi connectivity index (χ1n) is 4.74. The number of hydrogen-bond donors (Lipinski definition) is 1. The van der Waals surface area contributed by atoms with Gasteiger partial charge in [0.05, 0.1) is 6.54 Å². The van der Waals surface area contributed by atoms with Gasteiger partial charge in [-0.05, 0) is 35.5 Å². The van der Waals surface area contributed by atoms with E-state index in [0.717, 1.165) is 11.0 Å². The summed E-state index contributed by atoms with van der Waals surface area (Å²) in [5.41, 5.74) is 0. The summed E-state index contributed by atoms with van der Waals surface area (Å²) in [7, 11) is 0. The molecule has 84 valence electrons. The Hall–Kier alpha value is -0.390. The molecule has 0 amide bonds. The van der Waals surface area contributed by atoms with E-state index in [2.05, 4.69) is 15.9 Å². The van der Waals surface area contributed by atoms with Gasteiger partial charge in [-0.15, -0.1) is 11.3 Å². The fourth-order valence-electron chi connectivity index (χ4n) is 1.42. The van der Waals surface area contributed by atoms with Crippen LogP contribution < -0.4 is 0 Å². The molecule has 5 heteroatoms. The zero-order valence-electron chi connectivity index (χ0n) is 8.74. The van der Waals surface area contributed by atoms with Gasteiger partial charge in [0.15, 0.2) is 0 Å². The number of nitrogens with zero attached hydrogens (tertiary/aromatic N) is 1. The predicted octanol–water partition coefficient (Wildman–Crippen LogP) is 2.98. The minimum Gasteiger partial charge on any atom is -0.480 e. The highest BCUT2D eigenvalue weighted by molar-refractivity contribution is 9.10. The Morgan fingerprint density at radius 1 is 1.73 bits per heavy atom. The zero-order chi connectivity index (χ0) is 11.4. The summed E-state index contributed by atoms with van der Waals surface area (Å²) in [6, 6.07) is 2.20. The van der Waals surface area contributed by atoms with Gasteiger partial charge in [-0.2, -0.15) is 0 Å². The van der Waals surface area contributed by atoms with E-state index >= 15 is 0 Å². The molecule has 0 aliphatic carbocycles. The fraction of sp³-hybridized carbons (Fsp3) is 0.500. The fourth-order valence-corrected chi connectivity index (χ4v) is 2.96. The molecular weight excluding hydrogens is 278 g/mol. The lowest BCUT2D eigenvalue weighted by molar-refractivity contribution is -0.138. The smallest absolute Gasteiger partial charge is 0.317 e. The number of carboxylic acid groups (broad SMARTS) is 1. The molecule has 0 fully saturated rings. The number of thiophene rings is 1.